The van der Waals surface area contributed by atoms with Gasteiger partial charge in [-0.2, -0.15) is 0 Å². The first-order chi connectivity index (χ1) is 33.5. The number of allylic oxidation sites excluding steroid dienone is 2. The number of ether oxygens (including phenoxy) is 3. The van der Waals surface area contributed by atoms with Gasteiger partial charge in [0.05, 0.1) is 0 Å². The number of carbonyl (C=O) groups excluding carboxylic acids is 3. The molecular weight excluding hydrogens is 841 g/mol. The minimum Gasteiger partial charge on any atom is -0.462 e. The van der Waals surface area contributed by atoms with E-state index in [4.69, 9.17) is 14.2 Å². The Bertz CT molecular complexity index is 1060. The van der Waals surface area contributed by atoms with Crippen LogP contribution >= 0.6 is 0 Å². The molecule has 0 aliphatic heterocycles. The summed E-state index contributed by atoms with van der Waals surface area (Å²) in [5.41, 5.74) is 0. The molecule has 0 aromatic carbocycles. The first kappa shape index (κ1) is 66.2. The molecule has 0 bridgehead atoms. The highest BCUT2D eigenvalue weighted by Crippen LogP contribution is 2.18. The summed E-state index contributed by atoms with van der Waals surface area (Å²) in [4.78, 5) is 38.2. The number of carbonyl (C=O) groups is 3. The Morgan fingerprint density at radius 1 is 0.279 bits per heavy atom. The number of hydrogen-bond acceptors (Lipinski definition) is 6. The molecule has 0 amide bonds. The van der Waals surface area contributed by atoms with Crippen molar-refractivity contribution in [2.45, 2.75) is 354 Å². The zero-order chi connectivity index (χ0) is 49.3. The van der Waals surface area contributed by atoms with Gasteiger partial charge in [0.25, 0.3) is 0 Å². The quantitative estimate of drug-likeness (QED) is 0.0262. The molecule has 0 fully saturated rings. The largest absolute Gasteiger partial charge is 0.462 e. The van der Waals surface area contributed by atoms with Crippen LogP contribution in [0.1, 0.15) is 348 Å². The normalized spacial score (nSPS) is 12.0. The monoisotopic (exact) mass is 959 g/mol. The maximum Gasteiger partial charge on any atom is 0.306 e. The van der Waals surface area contributed by atoms with Crippen LogP contribution in [0.25, 0.3) is 0 Å². The molecule has 0 aliphatic carbocycles. The van der Waals surface area contributed by atoms with E-state index in [1.54, 1.807) is 0 Å². The Hall–Kier alpha value is -1.85. The third-order valence-corrected chi connectivity index (χ3v) is 14.0. The van der Waals surface area contributed by atoms with Crippen molar-refractivity contribution >= 4 is 17.9 Å². The molecule has 0 N–H and O–H groups in total. The molecule has 0 aromatic heterocycles. The van der Waals surface area contributed by atoms with E-state index in [9.17, 15) is 14.4 Å². The lowest BCUT2D eigenvalue weighted by atomic mass is 10.0. The summed E-state index contributed by atoms with van der Waals surface area (Å²) >= 11 is 0. The highest BCUT2D eigenvalue weighted by atomic mass is 16.6. The third kappa shape index (κ3) is 55.1. The van der Waals surface area contributed by atoms with Crippen LogP contribution in [0.5, 0.6) is 0 Å². The minimum absolute atomic E-state index is 0.0661. The highest BCUT2D eigenvalue weighted by molar-refractivity contribution is 5.71. The molecule has 0 spiro atoms. The van der Waals surface area contributed by atoms with Crippen molar-refractivity contribution < 1.29 is 28.6 Å². The molecule has 0 unspecified atom stereocenters. The van der Waals surface area contributed by atoms with E-state index >= 15 is 0 Å². The standard InChI is InChI=1S/C62H118O6/c1-4-7-10-13-16-19-22-25-28-30-31-33-34-37-40-43-46-49-52-55-61(64)67-58-59(57-66-60(63)54-51-48-45-42-39-36-27-24-21-18-15-12-9-6-3)68-62(65)56-53-50-47-44-41-38-35-32-29-26-23-20-17-14-11-8-5-2/h24,27,59H,4-23,25-26,28-58H2,1-3H3/b27-24+/t59-/m1/s1. The van der Waals surface area contributed by atoms with Crippen LogP contribution in [0, 0.1) is 0 Å². The second kappa shape index (κ2) is 57.7. The van der Waals surface area contributed by atoms with E-state index < -0.39 is 6.10 Å². The summed E-state index contributed by atoms with van der Waals surface area (Å²) in [6, 6.07) is 0. The highest BCUT2D eigenvalue weighted by Gasteiger charge is 2.19. The fraction of sp³-hybridized carbons (Fsp3) is 0.919. The van der Waals surface area contributed by atoms with Gasteiger partial charge in [-0.15, -0.1) is 0 Å². The fourth-order valence-corrected chi connectivity index (χ4v) is 9.38. The average molecular weight is 960 g/mol. The van der Waals surface area contributed by atoms with Gasteiger partial charge in [0.2, 0.25) is 0 Å². The molecule has 6 heteroatoms. The van der Waals surface area contributed by atoms with Crippen molar-refractivity contribution in [3.63, 3.8) is 0 Å². The van der Waals surface area contributed by atoms with Gasteiger partial charge in [0, 0.05) is 19.3 Å². The number of rotatable bonds is 57. The van der Waals surface area contributed by atoms with Crippen molar-refractivity contribution in [2.75, 3.05) is 13.2 Å². The van der Waals surface area contributed by atoms with Gasteiger partial charge in [-0.3, -0.25) is 14.4 Å². The summed E-state index contributed by atoms with van der Waals surface area (Å²) in [7, 11) is 0. The van der Waals surface area contributed by atoms with Crippen molar-refractivity contribution in [2.24, 2.45) is 0 Å². The maximum atomic E-state index is 12.9. The van der Waals surface area contributed by atoms with Crippen LogP contribution in [0.15, 0.2) is 12.2 Å². The Morgan fingerprint density at radius 2 is 0.485 bits per heavy atom. The van der Waals surface area contributed by atoms with E-state index in [0.29, 0.717) is 19.3 Å². The first-order valence-corrected chi connectivity index (χ1v) is 30.7. The topological polar surface area (TPSA) is 78.9 Å². The molecule has 0 rings (SSSR count). The van der Waals surface area contributed by atoms with E-state index in [1.807, 2.05) is 0 Å². The van der Waals surface area contributed by atoms with Gasteiger partial charge in [-0.25, -0.2) is 0 Å². The lowest BCUT2D eigenvalue weighted by Crippen LogP contribution is -2.30. The van der Waals surface area contributed by atoms with Gasteiger partial charge >= 0.3 is 17.9 Å². The van der Waals surface area contributed by atoms with Gasteiger partial charge in [-0.05, 0) is 44.9 Å². The molecule has 0 heterocycles. The lowest BCUT2D eigenvalue weighted by molar-refractivity contribution is -0.167. The van der Waals surface area contributed by atoms with E-state index in [1.165, 1.54) is 244 Å². The van der Waals surface area contributed by atoms with Gasteiger partial charge < -0.3 is 14.2 Å². The summed E-state index contributed by atoms with van der Waals surface area (Å²) in [5.74, 6) is -0.847. The van der Waals surface area contributed by atoms with Crippen molar-refractivity contribution in [1.82, 2.24) is 0 Å². The average Bonchev–Trinajstić information content (AvgIpc) is 3.34. The number of esters is 3. The van der Waals surface area contributed by atoms with Crippen molar-refractivity contribution in [3.8, 4) is 0 Å². The molecule has 0 aliphatic rings. The number of hydrogen-bond donors (Lipinski definition) is 0. The summed E-state index contributed by atoms with van der Waals surface area (Å²) in [6.07, 6.45) is 66.4. The van der Waals surface area contributed by atoms with Crippen LogP contribution in [-0.2, 0) is 28.6 Å². The van der Waals surface area contributed by atoms with Crippen LogP contribution in [0.2, 0.25) is 0 Å². The van der Waals surface area contributed by atoms with Crippen LogP contribution in [0.3, 0.4) is 0 Å². The van der Waals surface area contributed by atoms with Crippen LogP contribution < -0.4 is 0 Å². The molecule has 68 heavy (non-hydrogen) atoms. The second-order valence-corrected chi connectivity index (χ2v) is 21.0. The molecular formula is C62H118O6. The Labute approximate surface area is 424 Å². The lowest BCUT2D eigenvalue weighted by Gasteiger charge is -2.18. The van der Waals surface area contributed by atoms with Crippen LogP contribution in [-0.4, -0.2) is 37.2 Å². The predicted octanol–water partition coefficient (Wildman–Crippen LogP) is 20.5. The van der Waals surface area contributed by atoms with Crippen molar-refractivity contribution in [1.29, 1.82) is 0 Å². The first-order valence-electron chi connectivity index (χ1n) is 30.7. The SMILES string of the molecule is CCCCCCC/C=C/CCCCCCCC(=O)OC[C@H](COC(=O)CCCCCCCCCCCCCCCCCCCCC)OC(=O)CCCCCCCCCCCCCCCCCCC. The maximum absolute atomic E-state index is 12.9. The molecule has 0 saturated heterocycles. The van der Waals surface area contributed by atoms with Gasteiger partial charge in [0.1, 0.15) is 13.2 Å². The molecule has 0 saturated carbocycles. The third-order valence-electron chi connectivity index (χ3n) is 14.0. The van der Waals surface area contributed by atoms with Crippen molar-refractivity contribution in [3.05, 3.63) is 12.2 Å². The smallest absolute Gasteiger partial charge is 0.306 e. The molecule has 402 valence electrons. The Kier molecular flexibility index (Phi) is 56.2. The van der Waals surface area contributed by atoms with Gasteiger partial charge in [-0.1, -0.05) is 296 Å². The van der Waals surface area contributed by atoms with E-state index in [0.717, 1.165) is 64.2 Å². The molecule has 0 aromatic rings. The molecule has 0 radical (unpaired) electrons. The zero-order valence-corrected chi connectivity index (χ0v) is 46.2. The fourth-order valence-electron chi connectivity index (χ4n) is 9.38. The summed E-state index contributed by atoms with van der Waals surface area (Å²) in [6.45, 7) is 6.69. The molecule has 1 atom stereocenters. The van der Waals surface area contributed by atoms with E-state index in [2.05, 4.69) is 32.9 Å². The minimum atomic E-state index is -0.768. The molecule has 6 nitrogen and oxygen atoms in total. The zero-order valence-electron chi connectivity index (χ0n) is 46.2. The Balaban J connectivity index is 4.29. The number of unbranched alkanes of at least 4 members (excludes halogenated alkanes) is 44. The summed E-state index contributed by atoms with van der Waals surface area (Å²) < 4.78 is 16.9. The van der Waals surface area contributed by atoms with E-state index in [-0.39, 0.29) is 31.1 Å². The van der Waals surface area contributed by atoms with Gasteiger partial charge in [0.15, 0.2) is 6.10 Å². The Morgan fingerprint density at radius 3 is 0.735 bits per heavy atom. The summed E-state index contributed by atoms with van der Waals surface area (Å²) in [5, 5.41) is 0. The van der Waals surface area contributed by atoms with Crippen LogP contribution in [0.4, 0.5) is 0 Å². The second-order valence-electron chi connectivity index (χ2n) is 21.0. The predicted molar refractivity (Wildman–Crippen MR) is 293 cm³/mol.